The average molecular weight is 360 g/mol. The quantitative estimate of drug-likeness (QED) is 0.712. The Morgan fingerprint density at radius 3 is 2.26 bits per heavy atom. The zero-order valence-electron chi connectivity index (χ0n) is 11.5. The number of carbonyl (C=O) groups is 1. The highest BCUT2D eigenvalue weighted by atomic mass is 35.5. The predicted molar refractivity (Wildman–Crippen MR) is 85.6 cm³/mol. The van der Waals surface area contributed by atoms with E-state index in [1.807, 2.05) is 0 Å². The minimum Gasteiger partial charge on any atom is -0.321 e. The third-order valence-corrected chi connectivity index (χ3v) is 3.40. The van der Waals surface area contributed by atoms with E-state index in [2.05, 4.69) is 5.32 Å². The van der Waals surface area contributed by atoms with Crippen LogP contribution in [0.2, 0.25) is 10.0 Å². The van der Waals surface area contributed by atoms with Crippen molar-refractivity contribution in [1.29, 1.82) is 0 Å². The Bertz CT molecular complexity index is 743. The molecule has 2 aromatic carbocycles. The Morgan fingerprint density at radius 2 is 1.70 bits per heavy atom. The van der Waals surface area contributed by atoms with Crippen LogP contribution in [0.5, 0.6) is 0 Å². The Kier molecular flexibility index (Phi) is 5.34. The van der Waals surface area contributed by atoms with Gasteiger partial charge in [0.2, 0.25) is 5.91 Å². The molecule has 0 aromatic heterocycles. The first-order valence-corrected chi connectivity index (χ1v) is 7.13. The first-order valence-electron chi connectivity index (χ1n) is 6.38. The Morgan fingerprint density at radius 1 is 1.04 bits per heavy atom. The molecule has 1 N–H and O–H groups in total. The second-order valence-corrected chi connectivity index (χ2v) is 5.38. The van der Waals surface area contributed by atoms with Crippen LogP contribution in [0.4, 0.5) is 18.9 Å². The zero-order valence-corrected chi connectivity index (χ0v) is 13.0. The van der Waals surface area contributed by atoms with Crippen molar-refractivity contribution in [3.63, 3.8) is 0 Å². The molecule has 0 aliphatic heterocycles. The van der Waals surface area contributed by atoms with Crippen LogP contribution in [-0.4, -0.2) is 12.1 Å². The van der Waals surface area contributed by atoms with E-state index in [0.717, 1.165) is 0 Å². The summed E-state index contributed by atoms with van der Waals surface area (Å²) in [5.41, 5.74) is -0.968. The predicted octanol–water partition coefficient (Wildman–Crippen LogP) is 5.58. The average Bonchev–Trinajstić information content (AvgIpc) is 2.47. The van der Waals surface area contributed by atoms with E-state index in [1.54, 1.807) is 6.07 Å². The Hall–Kier alpha value is -1.98. The van der Waals surface area contributed by atoms with Crippen molar-refractivity contribution in [2.45, 2.75) is 6.18 Å². The first kappa shape index (κ1) is 17.4. The number of amides is 1. The van der Waals surface area contributed by atoms with Gasteiger partial charge in [-0.25, -0.2) is 0 Å². The molecule has 23 heavy (non-hydrogen) atoms. The summed E-state index contributed by atoms with van der Waals surface area (Å²) in [6, 6.07) is 11.3. The molecule has 0 atom stereocenters. The molecule has 0 fully saturated rings. The lowest BCUT2D eigenvalue weighted by Gasteiger charge is -2.12. The Balaban J connectivity index is 2.30. The van der Waals surface area contributed by atoms with Gasteiger partial charge in [-0.2, -0.15) is 13.2 Å². The van der Waals surface area contributed by atoms with Crippen LogP contribution in [0.15, 0.2) is 54.6 Å². The topological polar surface area (TPSA) is 29.1 Å². The van der Waals surface area contributed by atoms with E-state index in [9.17, 15) is 18.0 Å². The second-order valence-electron chi connectivity index (χ2n) is 4.54. The maximum Gasteiger partial charge on any atom is 0.417 e. The van der Waals surface area contributed by atoms with Crippen LogP contribution in [0.1, 0.15) is 5.56 Å². The summed E-state index contributed by atoms with van der Waals surface area (Å²) in [4.78, 5) is 11.9. The van der Waals surface area contributed by atoms with Gasteiger partial charge in [-0.3, -0.25) is 4.79 Å². The van der Waals surface area contributed by atoms with Gasteiger partial charge in [-0.1, -0.05) is 53.5 Å². The monoisotopic (exact) mass is 359 g/mol. The highest BCUT2D eigenvalue weighted by molar-refractivity contribution is 6.36. The van der Waals surface area contributed by atoms with Crippen molar-refractivity contribution in [2.24, 2.45) is 0 Å². The van der Waals surface area contributed by atoms with Gasteiger partial charge in [0, 0.05) is 11.1 Å². The molecule has 0 unspecified atom stereocenters. The first-order chi connectivity index (χ1) is 10.8. The van der Waals surface area contributed by atoms with Gasteiger partial charge in [0.25, 0.3) is 0 Å². The minimum absolute atomic E-state index is 0.0997. The van der Waals surface area contributed by atoms with E-state index in [1.165, 1.54) is 42.5 Å². The SMILES string of the molecule is O=C(/C=C(/c1ccccc1)C(F)(F)F)Nc1ccc(Cl)cc1Cl. The number of hydrogen-bond donors (Lipinski definition) is 1. The fourth-order valence-electron chi connectivity index (χ4n) is 1.84. The largest absolute Gasteiger partial charge is 0.417 e. The van der Waals surface area contributed by atoms with Crippen molar-refractivity contribution in [3.05, 3.63) is 70.2 Å². The standard InChI is InChI=1S/C16H10Cl2F3NO/c17-11-6-7-14(13(18)8-11)22-15(23)9-12(16(19,20)21)10-4-2-1-3-5-10/h1-9H,(H,22,23)/b12-9-. The molecule has 2 rings (SSSR count). The fraction of sp³-hybridized carbons (Fsp3) is 0.0625. The number of halogens is 5. The normalized spacial score (nSPS) is 12.1. The molecule has 0 saturated carbocycles. The van der Waals surface area contributed by atoms with E-state index < -0.39 is 17.7 Å². The van der Waals surface area contributed by atoms with Gasteiger partial charge >= 0.3 is 6.18 Å². The molecule has 0 heterocycles. The van der Waals surface area contributed by atoms with Gasteiger partial charge in [-0.15, -0.1) is 0 Å². The lowest BCUT2D eigenvalue weighted by Crippen LogP contribution is -2.16. The van der Waals surface area contributed by atoms with E-state index in [0.29, 0.717) is 11.1 Å². The van der Waals surface area contributed by atoms with E-state index in [4.69, 9.17) is 23.2 Å². The van der Waals surface area contributed by atoms with Gasteiger partial charge in [0.15, 0.2) is 0 Å². The number of alkyl halides is 3. The number of allylic oxidation sites excluding steroid dienone is 1. The molecule has 0 aliphatic rings. The second kappa shape index (κ2) is 7.06. The molecule has 0 bridgehead atoms. The van der Waals surface area contributed by atoms with E-state index >= 15 is 0 Å². The molecule has 7 heteroatoms. The zero-order chi connectivity index (χ0) is 17.0. The van der Waals surface area contributed by atoms with E-state index in [-0.39, 0.29) is 16.3 Å². The Labute approximate surface area is 140 Å². The molecule has 0 spiro atoms. The third-order valence-electron chi connectivity index (χ3n) is 2.85. The molecule has 120 valence electrons. The molecule has 0 radical (unpaired) electrons. The lowest BCUT2D eigenvalue weighted by atomic mass is 10.1. The van der Waals surface area contributed by atoms with Gasteiger partial charge in [0.05, 0.1) is 16.3 Å². The summed E-state index contributed by atoms with van der Waals surface area (Å²) in [7, 11) is 0. The minimum atomic E-state index is -4.66. The molecule has 0 saturated heterocycles. The van der Waals surface area contributed by atoms with Crippen LogP contribution >= 0.6 is 23.2 Å². The van der Waals surface area contributed by atoms with Crippen LogP contribution in [-0.2, 0) is 4.79 Å². The summed E-state index contributed by atoms with van der Waals surface area (Å²) in [6.45, 7) is 0. The number of hydrogen-bond acceptors (Lipinski definition) is 1. The molecule has 0 aliphatic carbocycles. The van der Waals surface area contributed by atoms with Gasteiger partial charge < -0.3 is 5.32 Å². The number of rotatable bonds is 3. The molecule has 2 nitrogen and oxygen atoms in total. The van der Waals surface area contributed by atoms with Crippen LogP contribution in [0.25, 0.3) is 5.57 Å². The molecule has 2 aromatic rings. The smallest absolute Gasteiger partial charge is 0.321 e. The highest BCUT2D eigenvalue weighted by Gasteiger charge is 2.35. The van der Waals surface area contributed by atoms with Crippen molar-refractivity contribution in [3.8, 4) is 0 Å². The summed E-state index contributed by atoms with van der Waals surface area (Å²) in [5.74, 6) is -0.939. The summed E-state index contributed by atoms with van der Waals surface area (Å²) in [6.07, 6.45) is -4.16. The molecule has 1 amide bonds. The summed E-state index contributed by atoms with van der Waals surface area (Å²) < 4.78 is 39.4. The van der Waals surface area contributed by atoms with Crippen LogP contribution in [0.3, 0.4) is 0 Å². The lowest BCUT2D eigenvalue weighted by molar-refractivity contribution is -0.112. The fourth-order valence-corrected chi connectivity index (χ4v) is 2.29. The van der Waals surface area contributed by atoms with Gasteiger partial charge in [0.1, 0.15) is 0 Å². The molecular formula is C16H10Cl2F3NO. The third kappa shape index (κ3) is 4.74. The summed E-state index contributed by atoms with van der Waals surface area (Å²) >= 11 is 11.6. The van der Waals surface area contributed by atoms with Crippen LogP contribution < -0.4 is 5.32 Å². The maximum absolute atomic E-state index is 13.1. The van der Waals surface area contributed by atoms with Crippen molar-refractivity contribution in [1.82, 2.24) is 0 Å². The van der Waals surface area contributed by atoms with Gasteiger partial charge in [-0.05, 0) is 23.8 Å². The van der Waals surface area contributed by atoms with Crippen molar-refractivity contribution >= 4 is 40.4 Å². The number of nitrogens with one attached hydrogen (secondary N) is 1. The number of benzene rings is 2. The van der Waals surface area contributed by atoms with Crippen molar-refractivity contribution in [2.75, 3.05) is 5.32 Å². The highest BCUT2D eigenvalue weighted by Crippen LogP contribution is 2.34. The number of carbonyl (C=O) groups excluding carboxylic acids is 1. The maximum atomic E-state index is 13.1. The molecular weight excluding hydrogens is 350 g/mol. The van der Waals surface area contributed by atoms with Crippen LogP contribution in [0, 0.1) is 0 Å². The summed E-state index contributed by atoms with van der Waals surface area (Å²) in [5, 5.41) is 2.79. The van der Waals surface area contributed by atoms with Crippen molar-refractivity contribution < 1.29 is 18.0 Å². The number of anilines is 1.